The Hall–Kier alpha value is -2.67. The fourth-order valence-corrected chi connectivity index (χ4v) is 10.3. The van der Waals surface area contributed by atoms with Crippen molar-refractivity contribution in [1.29, 1.82) is 0 Å². The van der Waals surface area contributed by atoms with E-state index in [9.17, 15) is 9.90 Å². The third-order valence-corrected chi connectivity index (χ3v) is 12.7. The number of hydrogen-bond acceptors (Lipinski definition) is 5. The molecule has 1 amide bonds. The van der Waals surface area contributed by atoms with Crippen LogP contribution in [0.5, 0.6) is 0 Å². The van der Waals surface area contributed by atoms with Crippen LogP contribution in [0.25, 0.3) is 0 Å². The number of nitrogens with zero attached hydrogens (tertiary/aromatic N) is 4. The van der Waals surface area contributed by atoms with Crippen molar-refractivity contribution in [1.82, 2.24) is 15.0 Å². The number of benzene rings is 2. The van der Waals surface area contributed by atoms with Gasteiger partial charge in [0, 0.05) is 39.9 Å². The van der Waals surface area contributed by atoms with E-state index in [2.05, 4.69) is 65.8 Å². The second kappa shape index (κ2) is 14.2. The number of aliphatic hydroxyl groups excluding tert-OH is 1. The molecule has 46 heavy (non-hydrogen) atoms. The van der Waals surface area contributed by atoms with Crippen molar-refractivity contribution in [3.8, 4) is 0 Å². The zero-order chi connectivity index (χ0) is 33.2. The lowest BCUT2D eigenvalue weighted by atomic mass is 9.82. The minimum absolute atomic E-state index is 0.0841. The summed E-state index contributed by atoms with van der Waals surface area (Å²) >= 11 is 2.28. The lowest BCUT2D eigenvalue weighted by molar-refractivity contribution is -0.145. The molecule has 5 atom stereocenters. The molecule has 10 heteroatoms. The Kier molecular flexibility index (Phi) is 10.7. The zero-order valence-corrected chi connectivity index (χ0v) is 30.9. The number of hydrogen-bond donors (Lipinski definition) is 1. The van der Waals surface area contributed by atoms with Gasteiger partial charge in [-0.1, -0.05) is 65.8 Å². The molecule has 1 aromatic heterocycles. The maximum Gasteiger partial charge on any atom is 0.264 e. The van der Waals surface area contributed by atoms with Crippen molar-refractivity contribution >= 4 is 42.6 Å². The number of aryl methyl sites for hydroxylation is 1. The summed E-state index contributed by atoms with van der Waals surface area (Å²) in [5, 5.41) is 18.8. The fraction of sp³-hybridized carbons (Fsp3) is 0.472. The van der Waals surface area contributed by atoms with Crippen LogP contribution in [0.15, 0.2) is 78.0 Å². The van der Waals surface area contributed by atoms with Gasteiger partial charge in [0.15, 0.2) is 5.60 Å². The second-order valence-electron chi connectivity index (χ2n) is 13.6. The van der Waals surface area contributed by atoms with Crippen LogP contribution in [0.1, 0.15) is 69.7 Å². The molecule has 0 aliphatic carbocycles. The highest BCUT2D eigenvalue weighted by Gasteiger charge is 2.66. The van der Waals surface area contributed by atoms with E-state index >= 15 is 4.11 Å². The van der Waals surface area contributed by atoms with Gasteiger partial charge in [0.05, 0.1) is 30.0 Å². The number of anilines is 1. The predicted octanol–water partition coefficient (Wildman–Crippen LogP) is 7.91. The monoisotopic (exact) mass is 756 g/mol. The van der Waals surface area contributed by atoms with Gasteiger partial charge in [-0.15, -0.1) is 5.10 Å². The standard InChI is InChI=1S/C36H46FIN4O3Si/c1-24(2)11-10-12-25(3)17-20-42-32-16-15-28(38)21-30(32)36(35(42)44)26(4)34(46(5,6)37)33(45-36)18-19-41-22-31(39-40-41)29(23-43)27-13-8-7-9-14-27/h7-9,11,13-17,21-22,26,29,33-34,43H,10,12,18-20,23H2,1-6H3/b25-17+/t26-,29?,33+,34-,36+/m0/s1. The number of carbonyl (C=O) groups is 1. The van der Waals surface area contributed by atoms with E-state index in [0.717, 1.165) is 33.2 Å². The summed E-state index contributed by atoms with van der Waals surface area (Å²) in [6.07, 6.45) is 8.15. The molecule has 1 N–H and O–H groups in total. The van der Waals surface area contributed by atoms with Gasteiger partial charge in [0.25, 0.3) is 5.91 Å². The quantitative estimate of drug-likeness (QED) is 0.0880. The molecule has 0 bridgehead atoms. The van der Waals surface area contributed by atoms with E-state index in [1.54, 1.807) is 17.8 Å². The highest BCUT2D eigenvalue weighted by atomic mass is 127. The van der Waals surface area contributed by atoms with Crippen LogP contribution in [-0.4, -0.2) is 53.7 Å². The number of carbonyl (C=O) groups excluding carboxylic acids is 1. The number of fused-ring (bicyclic) bond motifs is 2. The molecule has 1 fully saturated rings. The van der Waals surface area contributed by atoms with Crippen LogP contribution in [0.2, 0.25) is 18.6 Å². The van der Waals surface area contributed by atoms with Gasteiger partial charge < -0.3 is 18.9 Å². The van der Waals surface area contributed by atoms with Gasteiger partial charge in [-0.05, 0) is 99.5 Å². The van der Waals surface area contributed by atoms with Crippen molar-refractivity contribution in [2.75, 3.05) is 18.1 Å². The molecule has 3 aromatic rings. The Morgan fingerprint density at radius 2 is 1.91 bits per heavy atom. The summed E-state index contributed by atoms with van der Waals surface area (Å²) in [6, 6.07) is 15.8. The van der Waals surface area contributed by atoms with Crippen molar-refractivity contribution < 1.29 is 18.7 Å². The Balaban J connectivity index is 1.41. The minimum Gasteiger partial charge on any atom is -0.395 e. The van der Waals surface area contributed by atoms with Crippen LogP contribution in [0, 0.1) is 9.49 Å². The number of ether oxygens (including phenoxy) is 1. The Bertz CT molecular complexity index is 1600. The molecule has 3 heterocycles. The minimum atomic E-state index is -3.29. The Morgan fingerprint density at radius 3 is 2.59 bits per heavy atom. The van der Waals surface area contributed by atoms with Crippen molar-refractivity contribution in [2.24, 2.45) is 5.92 Å². The second-order valence-corrected chi connectivity index (χ2v) is 18.6. The third kappa shape index (κ3) is 6.95. The molecule has 0 radical (unpaired) electrons. The van der Waals surface area contributed by atoms with E-state index in [-0.39, 0.29) is 29.9 Å². The summed E-state index contributed by atoms with van der Waals surface area (Å²) in [6.45, 7) is 12.6. The summed E-state index contributed by atoms with van der Waals surface area (Å²) in [4.78, 5) is 16.4. The molecule has 1 saturated heterocycles. The molecule has 2 aliphatic rings. The van der Waals surface area contributed by atoms with Crippen molar-refractivity contribution in [3.63, 3.8) is 0 Å². The number of halogens is 2. The van der Waals surface area contributed by atoms with E-state index < -0.39 is 20.1 Å². The zero-order valence-electron chi connectivity index (χ0n) is 27.7. The molecule has 1 unspecified atom stereocenters. The smallest absolute Gasteiger partial charge is 0.264 e. The lowest BCUT2D eigenvalue weighted by Crippen LogP contribution is -2.45. The highest BCUT2D eigenvalue weighted by molar-refractivity contribution is 14.1. The van der Waals surface area contributed by atoms with Gasteiger partial charge in [0.1, 0.15) is 0 Å². The van der Waals surface area contributed by atoms with Crippen LogP contribution in [-0.2, 0) is 21.7 Å². The van der Waals surface area contributed by atoms with E-state index in [1.165, 1.54) is 11.1 Å². The number of rotatable bonds is 12. The van der Waals surface area contributed by atoms with Gasteiger partial charge in [-0.25, -0.2) is 0 Å². The van der Waals surface area contributed by atoms with Crippen LogP contribution >= 0.6 is 22.6 Å². The molecular weight excluding hydrogens is 710 g/mol. The van der Waals surface area contributed by atoms with E-state index in [0.29, 0.717) is 25.2 Å². The number of aromatic nitrogens is 3. The molecule has 7 nitrogen and oxygen atoms in total. The van der Waals surface area contributed by atoms with Crippen molar-refractivity contribution in [3.05, 3.63) is 98.4 Å². The first kappa shape index (κ1) is 34.7. The van der Waals surface area contributed by atoms with Crippen LogP contribution in [0.4, 0.5) is 9.80 Å². The third-order valence-electron chi connectivity index (χ3n) is 9.58. The summed E-state index contributed by atoms with van der Waals surface area (Å²) in [5.41, 5.74) is 4.24. The molecule has 0 saturated carbocycles. The Labute approximate surface area is 287 Å². The average molecular weight is 757 g/mol. The molecule has 246 valence electrons. The maximum absolute atomic E-state index is 16.3. The SMILES string of the molecule is CC(C)=CCC/C(C)=C/CN1C(=O)[C@]2(O[C@H](CCn3cc(C(CO)c4ccccc4)nn3)[C@@H]([Si](C)(C)F)[C@@H]2C)c2cc(I)ccc21. The fourth-order valence-electron chi connectivity index (χ4n) is 7.31. The normalized spacial score (nSPS) is 23.7. The van der Waals surface area contributed by atoms with Gasteiger partial charge >= 0.3 is 0 Å². The number of allylic oxidation sites excluding steroid dienone is 3. The topological polar surface area (TPSA) is 80.5 Å². The summed E-state index contributed by atoms with van der Waals surface area (Å²) in [7, 11) is -3.29. The first-order chi connectivity index (χ1) is 21.9. The predicted molar refractivity (Wildman–Crippen MR) is 192 cm³/mol. The number of aliphatic hydroxyl groups is 1. The van der Waals surface area contributed by atoms with Gasteiger partial charge in [-0.3, -0.25) is 9.48 Å². The maximum atomic E-state index is 16.3. The van der Waals surface area contributed by atoms with E-state index in [1.807, 2.05) is 66.6 Å². The summed E-state index contributed by atoms with van der Waals surface area (Å²) < 4.78 is 25.9. The van der Waals surface area contributed by atoms with Gasteiger partial charge in [0.2, 0.25) is 8.41 Å². The molecule has 1 spiro atoms. The largest absolute Gasteiger partial charge is 0.395 e. The first-order valence-corrected chi connectivity index (χ1v) is 20.2. The molecular formula is C36H46FIN4O3Si. The lowest BCUT2D eigenvalue weighted by Gasteiger charge is -2.31. The summed E-state index contributed by atoms with van der Waals surface area (Å²) in [5.74, 6) is -0.728. The van der Waals surface area contributed by atoms with Crippen LogP contribution < -0.4 is 4.90 Å². The molecule has 5 rings (SSSR count). The number of amides is 1. The van der Waals surface area contributed by atoms with Crippen LogP contribution in [0.3, 0.4) is 0 Å². The van der Waals surface area contributed by atoms with Gasteiger partial charge in [-0.2, -0.15) is 0 Å². The average Bonchev–Trinajstić information content (AvgIpc) is 3.65. The van der Waals surface area contributed by atoms with E-state index in [4.69, 9.17) is 4.74 Å². The van der Waals surface area contributed by atoms with Crippen molar-refractivity contribution in [2.45, 2.75) is 89.8 Å². The molecule has 2 aromatic carbocycles. The highest BCUT2D eigenvalue weighted by Crippen LogP contribution is 2.60. The molecule has 2 aliphatic heterocycles. The Morgan fingerprint density at radius 1 is 1.17 bits per heavy atom. The first-order valence-electron chi connectivity index (χ1n) is 16.2.